The Morgan fingerprint density at radius 2 is 2.00 bits per heavy atom. The van der Waals surface area contributed by atoms with Crippen molar-refractivity contribution in [2.24, 2.45) is 0 Å². The second-order valence-electron chi connectivity index (χ2n) is 4.42. The normalized spacial score (nSPS) is 11.4. The van der Waals surface area contributed by atoms with Gasteiger partial charge in [0.2, 0.25) is 0 Å². The summed E-state index contributed by atoms with van der Waals surface area (Å²) in [4.78, 5) is 15.3. The van der Waals surface area contributed by atoms with Crippen molar-refractivity contribution in [1.82, 2.24) is 10.1 Å². The Bertz CT molecular complexity index is 755. The molecule has 0 radical (unpaired) electrons. The summed E-state index contributed by atoms with van der Waals surface area (Å²) in [5, 5.41) is 3.52. The van der Waals surface area contributed by atoms with Gasteiger partial charge in [0.25, 0.3) is 5.89 Å². The molecule has 0 bridgehead atoms. The van der Waals surface area contributed by atoms with E-state index in [9.17, 15) is 17.6 Å². The zero-order valence-electron chi connectivity index (χ0n) is 11.7. The Hall–Kier alpha value is -2.29. The summed E-state index contributed by atoms with van der Waals surface area (Å²) in [7, 11) is -3.67. The molecule has 118 valence electrons. The first kappa shape index (κ1) is 16.1. The molecule has 0 amide bonds. The summed E-state index contributed by atoms with van der Waals surface area (Å²) in [6.07, 6.45) is -0.327. The number of halogens is 1. The van der Waals surface area contributed by atoms with Gasteiger partial charge in [0.1, 0.15) is 5.82 Å². The van der Waals surface area contributed by atoms with E-state index in [0.29, 0.717) is 5.82 Å². The largest absolute Gasteiger partial charge is 0.456 e. The molecule has 0 saturated carbocycles. The van der Waals surface area contributed by atoms with Crippen LogP contribution in [0.3, 0.4) is 0 Å². The average molecular weight is 328 g/mol. The summed E-state index contributed by atoms with van der Waals surface area (Å²) in [5.41, 5.74) is 0. The molecule has 0 N–H and O–H groups in total. The van der Waals surface area contributed by atoms with Gasteiger partial charge in [0.05, 0.1) is 17.1 Å². The molecule has 0 saturated heterocycles. The minimum Gasteiger partial charge on any atom is -0.456 e. The van der Waals surface area contributed by atoms with Crippen LogP contribution in [0.15, 0.2) is 33.7 Å². The van der Waals surface area contributed by atoms with E-state index in [-0.39, 0.29) is 23.8 Å². The van der Waals surface area contributed by atoms with Crippen molar-refractivity contribution in [2.75, 3.05) is 5.75 Å². The highest BCUT2D eigenvalue weighted by molar-refractivity contribution is 7.91. The molecule has 0 atom stereocenters. The Kier molecular flexibility index (Phi) is 4.86. The minimum absolute atomic E-state index is 0.0470. The molecule has 1 heterocycles. The monoisotopic (exact) mass is 328 g/mol. The van der Waals surface area contributed by atoms with Gasteiger partial charge in [-0.2, -0.15) is 4.98 Å². The molecule has 7 nitrogen and oxygen atoms in total. The molecule has 1 aromatic heterocycles. The summed E-state index contributed by atoms with van der Waals surface area (Å²) in [5.74, 6) is -1.13. The van der Waals surface area contributed by atoms with Crippen molar-refractivity contribution in [2.45, 2.75) is 24.8 Å². The van der Waals surface area contributed by atoms with E-state index in [4.69, 9.17) is 9.26 Å². The molecule has 0 fully saturated rings. The summed E-state index contributed by atoms with van der Waals surface area (Å²) in [6.45, 7) is 1.40. The predicted octanol–water partition coefficient (Wildman–Crippen LogP) is 1.42. The summed E-state index contributed by atoms with van der Waals surface area (Å²) >= 11 is 0. The quantitative estimate of drug-likeness (QED) is 0.584. The fourth-order valence-electron chi connectivity index (χ4n) is 1.59. The maximum Gasteiger partial charge on any atom is 0.307 e. The molecule has 2 rings (SSSR count). The van der Waals surface area contributed by atoms with Crippen molar-refractivity contribution >= 4 is 15.8 Å². The molecule has 0 spiro atoms. The van der Waals surface area contributed by atoms with Crippen LogP contribution in [0.4, 0.5) is 4.39 Å². The van der Waals surface area contributed by atoms with Crippen LogP contribution in [0.1, 0.15) is 18.1 Å². The van der Waals surface area contributed by atoms with Crippen LogP contribution in [-0.4, -0.2) is 30.3 Å². The molecule has 2 aromatic rings. The van der Waals surface area contributed by atoms with E-state index in [2.05, 4.69) is 10.1 Å². The minimum atomic E-state index is -3.67. The lowest BCUT2D eigenvalue weighted by Gasteiger charge is -2.04. The first-order chi connectivity index (χ1) is 10.4. The molecule has 0 unspecified atom stereocenters. The van der Waals surface area contributed by atoms with Crippen LogP contribution in [-0.2, 0) is 26.0 Å². The number of aromatic nitrogens is 2. The van der Waals surface area contributed by atoms with Crippen molar-refractivity contribution in [3.8, 4) is 0 Å². The number of carbonyl (C=O) groups is 1. The number of hydrogen-bond acceptors (Lipinski definition) is 7. The van der Waals surface area contributed by atoms with Gasteiger partial charge >= 0.3 is 5.97 Å². The second-order valence-corrected chi connectivity index (χ2v) is 6.53. The number of aryl methyl sites for hydroxylation is 1. The van der Waals surface area contributed by atoms with Crippen LogP contribution >= 0.6 is 0 Å². The molecular formula is C13H13FN2O5S. The lowest BCUT2D eigenvalue weighted by molar-refractivity contribution is -0.145. The van der Waals surface area contributed by atoms with Gasteiger partial charge in [0.15, 0.2) is 22.3 Å². The van der Waals surface area contributed by atoms with E-state index in [1.807, 2.05) is 0 Å². The summed E-state index contributed by atoms with van der Waals surface area (Å²) in [6, 6.07) is 4.39. The Morgan fingerprint density at radius 3 is 2.59 bits per heavy atom. The number of rotatable bonds is 6. The number of carbonyl (C=O) groups excluding carboxylic acids is 1. The molecule has 22 heavy (non-hydrogen) atoms. The van der Waals surface area contributed by atoms with E-state index in [0.717, 1.165) is 24.3 Å². The van der Waals surface area contributed by atoms with Crippen LogP contribution in [0.2, 0.25) is 0 Å². The van der Waals surface area contributed by atoms with Crippen LogP contribution in [0, 0.1) is 12.7 Å². The van der Waals surface area contributed by atoms with Crippen molar-refractivity contribution in [1.29, 1.82) is 0 Å². The van der Waals surface area contributed by atoms with Gasteiger partial charge in [-0.25, -0.2) is 12.8 Å². The zero-order valence-corrected chi connectivity index (χ0v) is 12.5. The Labute approximate surface area is 126 Å². The number of sulfone groups is 1. The molecular weight excluding hydrogens is 315 g/mol. The van der Waals surface area contributed by atoms with Gasteiger partial charge in [-0.05, 0) is 31.2 Å². The number of esters is 1. The maximum atomic E-state index is 12.8. The zero-order chi connectivity index (χ0) is 16.2. The third-order valence-corrected chi connectivity index (χ3v) is 4.41. The van der Waals surface area contributed by atoms with Crippen molar-refractivity contribution < 1.29 is 26.9 Å². The maximum absolute atomic E-state index is 12.8. The highest BCUT2D eigenvalue weighted by atomic mass is 32.2. The van der Waals surface area contributed by atoms with Gasteiger partial charge in [-0.1, -0.05) is 5.16 Å². The van der Waals surface area contributed by atoms with Crippen LogP contribution in [0.25, 0.3) is 0 Å². The molecule has 1 aromatic carbocycles. The number of ether oxygens (including phenoxy) is 1. The lowest BCUT2D eigenvalue weighted by atomic mass is 10.4. The van der Waals surface area contributed by atoms with Crippen molar-refractivity contribution in [3.63, 3.8) is 0 Å². The van der Waals surface area contributed by atoms with Crippen molar-refractivity contribution in [3.05, 3.63) is 41.8 Å². The first-order valence-corrected chi connectivity index (χ1v) is 7.95. The third kappa shape index (κ3) is 4.35. The smallest absolute Gasteiger partial charge is 0.307 e. The van der Waals surface area contributed by atoms with E-state index >= 15 is 0 Å². The molecule has 9 heteroatoms. The topological polar surface area (TPSA) is 99.4 Å². The Morgan fingerprint density at radius 1 is 1.32 bits per heavy atom. The Balaban J connectivity index is 1.86. The van der Waals surface area contributed by atoms with E-state index in [1.54, 1.807) is 6.92 Å². The van der Waals surface area contributed by atoms with Gasteiger partial charge < -0.3 is 9.26 Å². The van der Waals surface area contributed by atoms with Gasteiger partial charge in [0, 0.05) is 0 Å². The highest BCUT2D eigenvalue weighted by Gasteiger charge is 2.17. The van der Waals surface area contributed by atoms with Gasteiger partial charge in [-0.15, -0.1) is 0 Å². The van der Waals surface area contributed by atoms with Crippen LogP contribution < -0.4 is 0 Å². The molecule has 0 aliphatic heterocycles. The number of nitrogens with zero attached hydrogens (tertiary/aromatic N) is 2. The van der Waals surface area contributed by atoms with E-state index < -0.39 is 27.4 Å². The molecule has 0 aliphatic carbocycles. The van der Waals surface area contributed by atoms with Crippen LogP contribution in [0.5, 0.6) is 0 Å². The summed E-state index contributed by atoms with van der Waals surface area (Å²) < 4.78 is 46.3. The average Bonchev–Trinajstić information content (AvgIpc) is 2.89. The fourth-order valence-corrected chi connectivity index (χ4v) is 2.81. The molecule has 0 aliphatic rings. The SMILES string of the molecule is Cc1noc(COC(=O)CCS(=O)(=O)c2ccc(F)cc2)n1. The number of hydrogen-bond donors (Lipinski definition) is 0. The lowest BCUT2D eigenvalue weighted by Crippen LogP contribution is -2.13. The second kappa shape index (κ2) is 6.65. The standard InChI is InChI=1S/C13H13FN2O5S/c1-9-15-12(21-16-9)8-20-13(17)6-7-22(18,19)11-4-2-10(14)3-5-11/h2-5H,6-8H2,1H3. The van der Waals surface area contributed by atoms with E-state index in [1.165, 1.54) is 0 Å². The fraction of sp³-hybridized carbons (Fsp3) is 0.308. The first-order valence-electron chi connectivity index (χ1n) is 6.30. The predicted molar refractivity (Wildman–Crippen MR) is 71.9 cm³/mol. The van der Waals surface area contributed by atoms with Gasteiger partial charge in [-0.3, -0.25) is 4.79 Å². The number of benzene rings is 1. The highest BCUT2D eigenvalue weighted by Crippen LogP contribution is 2.13. The third-order valence-electron chi connectivity index (χ3n) is 2.67.